The minimum atomic E-state index is -4.04. The van der Waals surface area contributed by atoms with Crippen molar-refractivity contribution in [3.05, 3.63) is 0 Å². The molecule has 0 saturated heterocycles. The van der Waals surface area contributed by atoms with Crippen LogP contribution >= 0.6 is 145 Å². The predicted octanol–water partition coefficient (Wildman–Crippen LogP) is 6.97. The maximum absolute atomic E-state index is 12.9. The predicted molar refractivity (Wildman–Crippen MR) is 125 cm³/mol. The molecule has 0 N–H and O–H groups in total. The number of hydrogen-bond donors (Lipinski definition) is 0. The van der Waals surface area contributed by atoms with Gasteiger partial charge in [0.25, 0.3) is 0 Å². The minimum absolute atomic E-state index is 0.0934. The Hall–Kier alpha value is 4.04. The quantitative estimate of drug-likeness (QED) is 0.122. The van der Waals surface area contributed by atoms with E-state index in [1.54, 1.807) is 0 Å². The Balaban J connectivity index is 5.14. The van der Waals surface area contributed by atoms with Gasteiger partial charge in [-0.15, -0.1) is 69.6 Å². The average molecular weight is 809 g/mol. The van der Waals surface area contributed by atoms with Crippen LogP contribution in [0.2, 0.25) is 0 Å². The first-order valence-electron chi connectivity index (χ1n) is 5.77. The summed E-state index contributed by atoms with van der Waals surface area (Å²) in [6.07, 6.45) is 0. The summed E-state index contributed by atoms with van der Waals surface area (Å²) in [7, 11) is -4.04. The molecule has 0 aliphatic heterocycles. The number of halogens is 9. The molecule has 0 saturated carbocycles. The molecule has 0 spiro atoms. The van der Waals surface area contributed by atoms with Gasteiger partial charge < -0.3 is 0 Å². The van der Waals surface area contributed by atoms with Gasteiger partial charge in [-0.2, -0.15) is 0 Å². The second-order valence-electron chi connectivity index (χ2n) is 3.83. The van der Waals surface area contributed by atoms with Crippen LogP contribution in [0.15, 0.2) is 0 Å². The van der Waals surface area contributed by atoms with Crippen molar-refractivity contribution in [3.63, 3.8) is 0 Å². The summed E-state index contributed by atoms with van der Waals surface area (Å²) in [4.78, 5) is 0. The average Bonchev–Trinajstić information content (AvgIpc) is 2.51. The van der Waals surface area contributed by atoms with Crippen molar-refractivity contribution in [1.82, 2.24) is 0 Å². The molecule has 0 rings (SSSR count). The van der Waals surface area contributed by atoms with Crippen LogP contribution in [0.3, 0.4) is 0 Å². The first kappa shape index (κ1) is 27.0. The van der Waals surface area contributed by atoms with E-state index in [-0.39, 0.29) is 17.6 Å². The highest BCUT2D eigenvalue weighted by molar-refractivity contribution is 14.1. The first-order valence-corrected chi connectivity index (χ1v) is 13.9. The SMILES string of the molecule is O=P(OC(I)C(Cl)CCl)(OC(I)C(Cl)CCl)OC(I)C(Cl)CCl. The largest absolute Gasteiger partial charge is 0.478 e. The second kappa shape index (κ2) is 14.1. The van der Waals surface area contributed by atoms with Crippen LogP contribution in [0.4, 0.5) is 0 Å². The zero-order valence-electron chi connectivity index (χ0n) is 11.1. The molecule has 0 bridgehead atoms. The number of hydrogen-bond acceptors (Lipinski definition) is 4. The molecule has 23 heavy (non-hydrogen) atoms. The summed E-state index contributed by atoms with van der Waals surface area (Å²) >= 11 is 40.5. The van der Waals surface area contributed by atoms with Crippen LogP contribution in [-0.2, 0) is 18.1 Å². The number of alkyl halides is 9. The van der Waals surface area contributed by atoms with E-state index in [9.17, 15) is 4.57 Å². The highest BCUT2D eigenvalue weighted by Crippen LogP contribution is 2.56. The van der Waals surface area contributed by atoms with Crippen molar-refractivity contribution in [1.29, 1.82) is 0 Å². The van der Waals surface area contributed by atoms with Crippen LogP contribution in [0, 0.1) is 0 Å². The summed E-state index contributed by atoms with van der Waals surface area (Å²) < 4.78 is 26.9. The Morgan fingerprint density at radius 3 is 1.09 bits per heavy atom. The lowest BCUT2D eigenvalue weighted by atomic mass is 10.5. The molecule has 140 valence electrons. The molecule has 0 aromatic rings. The molecule has 6 unspecified atom stereocenters. The van der Waals surface area contributed by atoms with Crippen molar-refractivity contribution >= 4 is 145 Å². The number of rotatable bonds is 12. The van der Waals surface area contributed by atoms with Crippen molar-refractivity contribution in [2.24, 2.45) is 0 Å². The smallest absolute Gasteiger partial charge is 0.271 e. The zero-order chi connectivity index (χ0) is 18.2. The molecule has 0 heterocycles. The van der Waals surface area contributed by atoms with Gasteiger partial charge in [-0.3, -0.25) is 13.6 Å². The van der Waals surface area contributed by atoms with E-state index in [1.165, 1.54) is 0 Å². The van der Waals surface area contributed by atoms with Crippen LogP contribution in [0.25, 0.3) is 0 Å². The Kier molecular flexibility index (Phi) is 16.6. The van der Waals surface area contributed by atoms with Gasteiger partial charge in [0.1, 0.15) is 12.3 Å². The number of phosphoric ester groups is 1. The molecule has 0 aliphatic rings. The van der Waals surface area contributed by atoms with Gasteiger partial charge in [-0.25, -0.2) is 4.57 Å². The summed E-state index contributed by atoms with van der Waals surface area (Å²) in [6.45, 7) is 0. The topological polar surface area (TPSA) is 44.8 Å². The van der Waals surface area contributed by atoms with E-state index >= 15 is 0 Å². The lowest BCUT2D eigenvalue weighted by Crippen LogP contribution is -2.26. The summed E-state index contributed by atoms with van der Waals surface area (Å²) in [5.74, 6) is 0.280. The van der Waals surface area contributed by atoms with Gasteiger partial charge >= 0.3 is 7.82 Å². The zero-order valence-corrected chi connectivity index (χ0v) is 23.0. The molecule has 0 aromatic heterocycles. The van der Waals surface area contributed by atoms with E-state index in [2.05, 4.69) is 0 Å². The van der Waals surface area contributed by atoms with E-state index in [4.69, 9.17) is 83.2 Å². The first-order chi connectivity index (χ1) is 10.6. The summed E-state index contributed by atoms with van der Waals surface area (Å²) in [5, 5.41) is -1.80. The van der Waals surface area contributed by atoms with Gasteiger partial charge in [0.2, 0.25) is 0 Å². The lowest BCUT2D eigenvalue weighted by Gasteiger charge is -2.28. The molecule has 0 amide bonds. The standard InChI is InChI=1S/C9H12Cl6I3O4P/c10-1-4(13)7(16)20-23(19,21-8(17)5(14)2-11)22-9(18)6(15)3-12/h4-9H,1-3H2. The molecular formula is C9H12Cl6I3O4P. The fourth-order valence-electron chi connectivity index (χ4n) is 0.853. The third kappa shape index (κ3) is 11.0. The molecule has 6 atom stereocenters. The maximum Gasteiger partial charge on any atom is 0.478 e. The van der Waals surface area contributed by atoms with E-state index in [1.807, 2.05) is 67.8 Å². The maximum atomic E-state index is 12.9. The molecule has 0 radical (unpaired) electrons. The van der Waals surface area contributed by atoms with Crippen LogP contribution in [0.5, 0.6) is 0 Å². The number of phosphoric acid groups is 1. The van der Waals surface area contributed by atoms with Crippen molar-refractivity contribution in [2.75, 3.05) is 17.6 Å². The van der Waals surface area contributed by atoms with E-state index < -0.39 is 36.3 Å². The fourth-order valence-corrected chi connectivity index (χ4v) is 7.21. The van der Waals surface area contributed by atoms with Crippen LogP contribution in [0.1, 0.15) is 0 Å². The molecule has 0 fully saturated rings. The molecule has 0 aliphatic carbocycles. The highest BCUT2D eigenvalue weighted by Gasteiger charge is 2.39. The summed E-state index contributed by atoms with van der Waals surface area (Å²) in [5.41, 5.74) is 0. The van der Waals surface area contributed by atoms with Gasteiger partial charge in [0.05, 0.1) is 16.1 Å². The Labute approximate surface area is 206 Å². The minimum Gasteiger partial charge on any atom is -0.271 e. The fraction of sp³-hybridized carbons (Fsp3) is 1.00. The normalized spacial score (nSPS) is 22.7. The molecular weight excluding hydrogens is 796 g/mol. The van der Waals surface area contributed by atoms with Crippen molar-refractivity contribution in [3.8, 4) is 0 Å². The van der Waals surface area contributed by atoms with Gasteiger partial charge in [0, 0.05) is 17.6 Å². The molecule has 4 nitrogen and oxygen atoms in total. The lowest BCUT2D eigenvalue weighted by molar-refractivity contribution is 0.101. The van der Waals surface area contributed by atoms with Gasteiger partial charge in [-0.05, 0) is 67.8 Å². The molecule has 0 aromatic carbocycles. The van der Waals surface area contributed by atoms with Crippen LogP contribution in [-0.4, -0.2) is 46.1 Å². The highest BCUT2D eigenvalue weighted by atomic mass is 127. The van der Waals surface area contributed by atoms with Gasteiger partial charge in [0.15, 0.2) is 0 Å². The monoisotopic (exact) mass is 806 g/mol. The Morgan fingerprint density at radius 1 is 0.696 bits per heavy atom. The third-order valence-corrected chi connectivity index (χ3v) is 11.9. The Morgan fingerprint density at radius 2 is 0.913 bits per heavy atom. The Bertz CT molecular complexity index is 335. The van der Waals surface area contributed by atoms with Crippen molar-refractivity contribution < 1.29 is 18.1 Å². The van der Waals surface area contributed by atoms with Gasteiger partial charge in [-0.1, -0.05) is 0 Å². The van der Waals surface area contributed by atoms with Crippen LogP contribution < -0.4 is 0 Å². The third-order valence-electron chi connectivity index (χ3n) is 1.98. The van der Waals surface area contributed by atoms with E-state index in [0.717, 1.165) is 0 Å². The second-order valence-corrected chi connectivity index (χ2v) is 11.6. The summed E-state index contributed by atoms with van der Waals surface area (Å²) in [6, 6.07) is 0. The van der Waals surface area contributed by atoms with E-state index in [0.29, 0.717) is 0 Å². The molecule has 14 heteroatoms. The van der Waals surface area contributed by atoms with Crippen molar-refractivity contribution in [2.45, 2.75) is 28.5 Å².